The van der Waals surface area contributed by atoms with E-state index in [-0.39, 0.29) is 0 Å². The van der Waals surface area contributed by atoms with Crippen molar-refractivity contribution in [3.8, 4) is 5.75 Å². The Bertz CT molecular complexity index is 570. The minimum Gasteiger partial charge on any atom is -0.497 e. The van der Waals surface area contributed by atoms with E-state index in [4.69, 9.17) is 21.3 Å². The van der Waals surface area contributed by atoms with Crippen molar-refractivity contribution in [3.05, 3.63) is 24.0 Å². The van der Waals surface area contributed by atoms with Gasteiger partial charge in [0.1, 0.15) is 11.6 Å². The third-order valence-electron chi connectivity index (χ3n) is 3.48. The molecule has 20 heavy (non-hydrogen) atoms. The number of imidazole rings is 1. The molecule has 1 atom stereocenters. The summed E-state index contributed by atoms with van der Waals surface area (Å²) < 4.78 is 7.69. The third kappa shape index (κ3) is 3.07. The molecular weight excluding hydrogens is 292 g/mol. The zero-order valence-corrected chi connectivity index (χ0v) is 13.8. The van der Waals surface area contributed by atoms with Crippen LogP contribution in [0.25, 0.3) is 11.0 Å². The van der Waals surface area contributed by atoms with Gasteiger partial charge < -0.3 is 9.30 Å². The monoisotopic (exact) mass is 312 g/mol. The Morgan fingerprint density at radius 1 is 1.45 bits per heavy atom. The molecule has 5 heteroatoms. The second-order valence-electron chi connectivity index (χ2n) is 4.71. The van der Waals surface area contributed by atoms with Crippen LogP contribution < -0.4 is 4.74 Å². The van der Waals surface area contributed by atoms with Crippen molar-refractivity contribution in [1.82, 2.24) is 9.55 Å². The van der Waals surface area contributed by atoms with Crippen LogP contribution >= 0.6 is 23.4 Å². The lowest BCUT2D eigenvalue weighted by Crippen LogP contribution is -2.14. The lowest BCUT2D eigenvalue weighted by molar-refractivity contribution is 0.415. The highest BCUT2D eigenvalue weighted by atomic mass is 35.5. The molecule has 1 aromatic carbocycles. The standard InChI is InChI=1S/C15H21ClN2OS/c1-4-11(10-20-3)18-14-9-12(19-2)5-6-13(14)17-15(18)7-8-16/h5-6,9,11H,4,7-8,10H2,1-3H3. The molecule has 0 radical (unpaired) electrons. The molecule has 0 fully saturated rings. The number of methoxy groups -OCH3 is 1. The summed E-state index contributed by atoms with van der Waals surface area (Å²) in [5.74, 6) is 3.61. The Labute approximate surface area is 129 Å². The van der Waals surface area contributed by atoms with Crippen LogP contribution in [0.15, 0.2) is 18.2 Å². The highest BCUT2D eigenvalue weighted by Crippen LogP contribution is 2.28. The summed E-state index contributed by atoms with van der Waals surface area (Å²) in [6.45, 7) is 2.22. The lowest BCUT2D eigenvalue weighted by atomic mass is 10.2. The Kier molecular flexibility index (Phi) is 5.61. The summed E-state index contributed by atoms with van der Waals surface area (Å²) in [5.41, 5.74) is 2.16. The maximum atomic E-state index is 5.94. The summed E-state index contributed by atoms with van der Waals surface area (Å²) in [4.78, 5) is 4.74. The van der Waals surface area contributed by atoms with E-state index in [0.29, 0.717) is 11.9 Å². The van der Waals surface area contributed by atoms with Gasteiger partial charge in [-0.25, -0.2) is 4.98 Å². The van der Waals surface area contributed by atoms with E-state index in [9.17, 15) is 0 Å². The second kappa shape index (κ2) is 7.23. The normalized spacial score (nSPS) is 12.8. The predicted molar refractivity (Wildman–Crippen MR) is 88.4 cm³/mol. The van der Waals surface area contributed by atoms with Crippen LogP contribution in [0.2, 0.25) is 0 Å². The van der Waals surface area contributed by atoms with Gasteiger partial charge in [-0.3, -0.25) is 0 Å². The van der Waals surface area contributed by atoms with Gasteiger partial charge in [-0.2, -0.15) is 11.8 Å². The third-order valence-corrected chi connectivity index (χ3v) is 4.39. The Hall–Kier alpha value is -0.870. The second-order valence-corrected chi connectivity index (χ2v) is 6.00. The summed E-state index contributed by atoms with van der Waals surface area (Å²) >= 11 is 7.80. The van der Waals surface area contributed by atoms with E-state index in [1.54, 1.807) is 7.11 Å². The number of rotatable bonds is 7. The smallest absolute Gasteiger partial charge is 0.121 e. The number of fused-ring (bicyclic) bond motifs is 1. The topological polar surface area (TPSA) is 27.1 Å². The van der Waals surface area contributed by atoms with E-state index in [1.807, 2.05) is 23.9 Å². The number of aryl methyl sites for hydroxylation is 1. The maximum absolute atomic E-state index is 5.94. The van der Waals surface area contributed by atoms with E-state index in [0.717, 1.165) is 41.2 Å². The van der Waals surface area contributed by atoms with Crippen LogP contribution in [0.4, 0.5) is 0 Å². The molecule has 0 bridgehead atoms. The van der Waals surface area contributed by atoms with Gasteiger partial charge in [0.2, 0.25) is 0 Å². The maximum Gasteiger partial charge on any atom is 0.121 e. The van der Waals surface area contributed by atoms with E-state index in [2.05, 4.69) is 23.8 Å². The quantitative estimate of drug-likeness (QED) is 0.719. The number of ether oxygens (including phenoxy) is 1. The molecule has 0 N–H and O–H groups in total. The van der Waals surface area contributed by atoms with E-state index < -0.39 is 0 Å². The molecule has 3 nitrogen and oxygen atoms in total. The van der Waals surface area contributed by atoms with Gasteiger partial charge >= 0.3 is 0 Å². The fourth-order valence-electron chi connectivity index (χ4n) is 2.49. The molecule has 0 saturated carbocycles. The molecular formula is C15H21ClN2OS. The number of hydrogen-bond donors (Lipinski definition) is 0. The van der Waals surface area contributed by atoms with Gasteiger partial charge in [-0.15, -0.1) is 11.6 Å². The van der Waals surface area contributed by atoms with Gasteiger partial charge in [0.15, 0.2) is 0 Å². The molecule has 0 spiro atoms. The van der Waals surface area contributed by atoms with Gasteiger partial charge in [0.25, 0.3) is 0 Å². The van der Waals surface area contributed by atoms with Crippen LogP contribution in [-0.2, 0) is 6.42 Å². The zero-order valence-electron chi connectivity index (χ0n) is 12.2. The van der Waals surface area contributed by atoms with Crippen molar-refractivity contribution in [2.75, 3.05) is 25.0 Å². The minimum atomic E-state index is 0.445. The Morgan fingerprint density at radius 2 is 2.25 bits per heavy atom. The number of benzene rings is 1. The van der Waals surface area contributed by atoms with Crippen molar-refractivity contribution in [2.45, 2.75) is 25.8 Å². The number of hydrogen-bond acceptors (Lipinski definition) is 3. The molecule has 2 rings (SSSR count). The zero-order chi connectivity index (χ0) is 14.5. The number of nitrogens with zero attached hydrogens (tertiary/aromatic N) is 2. The molecule has 1 heterocycles. The highest BCUT2D eigenvalue weighted by molar-refractivity contribution is 7.98. The van der Waals surface area contributed by atoms with Crippen LogP contribution in [-0.4, -0.2) is 34.5 Å². The van der Waals surface area contributed by atoms with Crippen molar-refractivity contribution >= 4 is 34.4 Å². The van der Waals surface area contributed by atoms with Crippen molar-refractivity contribution < 1.29 is 4.74 Å². The molecule has 1 aromatic heterocycles. The van der Waals surface area contributed by atoms with Crippen molar-refractivity contribution in [2.24, 2.45) is 0 Å². The Balaban J connectivity index is 2.58. The van der Waals surface area contributed by atoms with Crippen molar-refractivity contribution in [1.29, 1.82) is 0 Å². The fraction of sp³-hybridized carbons (Fsp3) is 0.533. The Morgan fingerprint density at radius 3 is 2.85 bits per heavy atom. The van der Waals surface area contributed by atoms with Crippen LogP contribution in [0, 0.1) is 0 Å². The average molecular weight is 313 g/mol. The van der Waals surface area contributed by atoms with Gasteiger partial charge in [0.05, 0.1) is 18.1 Å². The van der Waals surface area contributed by atoms with Crippen LogP contribution in [0.1, 0.15) is 25.2 Å². The molecule has 110 valence electrons. The highest BCUT2D eigenvalue weighted by Gasteiger charge is 2.17. The van der Waals surface area contributed by atoms with E-state index >= 15 is 0 Å². The van der Waals surface area contributed by atoms with E-state index in [1.165, 1.54) is 0 Å². The van der Waals surface area contributed by atoms with Gasteiger partial charge in [-0.1, -0.05) is 6.92 Å². The largest absolute Gasteiger partial charge is 0.497 e. The average Bonchev–Trinajstić information content (AvgIpc) is 2.82. The number of thioether (sulfide) groups is 1. The summed E-state index contributed by atoms with van der Waals surface area (Å²) in [6, 6.07) is 6.50. The fourth-order valence-corrected chi connectivity index (χ4v) is 3.42. The van der Waals surface area contributed by atoms with Gasteiger partial charge in [-0.05, 0) is 24.8 Å². The predicted octanol–water partition coefficient (Wildman–Crippen LogP) is 4.14. The number of halogens is 1. The summed E-state index contributed by atoms with van der Waals surface area (Å²) in [6.07, 6.45) is 4.02. The molecule has 2 aromatic rings. The van der Waals surface area contributed by atoms with Gasteiger partial charge in [0, 0.05) is 30.2 Å². The van der Waals surface area contributed by atoms with Crippen LogP contribution in [0.3, 0.4) is 0 Å². The van der Waals surface area contributed by atoms with Crippen LogP contribution in [0.5, 0.6) is 5.75 Å². The molecule has 0 amide bonds. The van der Waals surface area contributed by atoms with Crippen molar-refractivity contribution in [3.63, 3.8) is 0 Å². The lowest BCUT2D eigenvalue weighted by Gasteiger charge is -2.19. The SMILES string of the molecule is CCC(CSC)n1c(CCCl)nc2ccc(OC)cc21. The first-order valence-corrected chi connectivity index (χ1v) is 8.77. The minimum absolute atomic E-state index is 0.445. The first-order valence-electron chi connectivity index (χ1n) is 6.84. The molecule has 0 aliphatic heterocycles. The summed E-state index contributed by atoms with van der Waals surface area (Å²) in [5, 5.41) is 0. The summed E-state index contributed by atoms with van der Waals surface area (Å²) in [7, 11) is 1.70. The number of aromatic nitrogens is 2. The number of alkyl halides is 1. The molecule has 0 saturated heterocycles. The first-order chi connectivity index (χ1) is 9.74. The molecule has 0 aliphatic rings. The molecule has 0 aliphatic carbocycles. The molecule has 1 unspecified atom stereocenters. The first kappa shape index (κ1) is 15.5.